The average Bonchev–Trinajstić information content (AvgIpc) is 2.37. The smallest absolute Gasteiger partial charge is 0.253 e. The van der Waals surface area contributed by atoms with Gasteiger partial charge in [0.25, 0.3) is 5.91 Å². The van der Waals surface area contributed by atoms with Gasteiger partial charge in [-0.05, 0) is 47.0 Å². The van der Waals surface area contributed by atoms with E-state index >= 15 is 0 Å². The first-order valence-corrected chi connectivity index (χ1v) is 8.12. The van der Waals surface area contributed by atoms with Crippen molar-refractivity contribution in [3.05, 3.63) is 33.3 Å². The number of rotatable bonds is 6. The molecule has 0 saturated carbocycles. The summed E-state index contributed by atoms with van der Waals surface area (Å²) in [6.07, 6.45) is 3.30. The lowest BCUT2D eigenvalue weighted by molar-refractivity contribution is 0.0792. The molecule has 1 aromatic carbocycles. The van der Waals surface area contributed by atoms with Gasteiger partial charge in [-0.1, -0.05) is 34.0 Å². The van der Waals surface area contributed by atoms with E-state index in [1.165, 1.54) is 0 Å². The molecular formula is C13H16Br2ClNO. The van der Waals surface area contributed by atoms with Crippen LogP contribution in [0.4, 0.5) is 0 Å². The Morgan fingerprint density at radius 3 is 2.67 bits per heavy atom. The van der Waals surface area contributed by atoms with Crippen molar-refractivity contribution in [3.8, 4) is 0 Å². The zero-order valence-electron chi connectivity index (χ0n) is 10.3. The van der Waals surface area contributed by atoms with Crippen LogP contribution in [0.2, 0.25) is 5.02 Å². The van der Waals surface area contributed by atoms with E-state index in [4.69, 9.17) is 11.6 Å². The van der Waals surface area contributed by atoms with Gasteiger partial charge < -0.3 is 4.90 Å². The molecule has 0 N–H and O–H groups in total. The fraction of sp³-hybridized carbons (Fsp3) is 0.462. The van der Waals surface area contributed by atoms with Crippen molar-refractivity contribution in [2.75, 3.05) is 18.9 Å². The Hall–Kier alpha value is -0.0600. The fourth-order valence-corrected chi connectivity index (χ4v) is 2.40. The van der Waals surface area contributed by atoms with E-state index < -0.39 is 0 Å². The van der Waals surface area contributed by atoms with Crippen molar-refractivity contribution in [1.29, 1.82) is 0 Å². The van der Waals surface area contributed by atoms with Crippen molar-refractivity contribution in [2.45, 2.75) is 19.3 Å². The quantitative estimate of drug-likeness (QED) is 0.502. The lowest BCUT2D eigenvalue weighted by Gasteiger charge is -2.17. The Bertz CT molecular complexity index is 412. The van der Waals surface area contributed by atoms with E-state index in [1.54, 1.807) is 23.1 Å². The number of carbonyl (C=O) groups is 1. The minimum Gasteiger partial charge on any atom is -0.342 e. The monoisotopic (exact) mass is 395 g/mol. The summed E-state index contributed by atoms with van der Waals surface area (Å²) in [4.78, 5) is 13.9. The molecule has 1 rings (SSSR count). The number of carbonyl (C=O) groups excluding carboxylic acids is 1. The van der Waals surface area contributed by atoms with E-state index in [9.17, 15) is 4.79 Å². The van der Waals surface area contributed by atoms with Gasteiger partial charge in [0.15, 0.2) is 0 Å². The summed E-state index contributed by atoms with van der Waals surface area (Å²) in [5, 5.41) is 1.58. The molecule has 0 heterocycles. The average molecular weight is 398 g/mol. The maximum absolute atomic E-state index is 12.1. The molecule has 0 radical (unpaired) electrons. The lowest BCUT2D eigenvalue weighted by Crippen LogP contribution is -2.27. The van der Waals surface area contributed by atoms with Gasteiger partial charge in [0.05, 0.1) is 5.02 Å². The number of hydrogen-bond donors (Lipinski definition) is 0. The molecule has 2 nitrogen and oxygen atoms in total. The third-order valence-electron chi connectivity index (χ3n) is 2.64. The molecule has 0 atom stereocenters. The first-order chi connectivity index (χ1) is 8.56. The molecule has 0 aromatic heterocycles. The number of unbranched alkanes of at least 4 members (excludes halogenated alkanes) is 2. The van der Waals surface area contributed by atoms with Crippen LogP contribution >= 0.6 is 43.5 Å². The molecule has 0 saturated heterocycles. The van der Waals surface area contributed by atoms with Crippen LogP contribution < -0.4 is 0 Å². The first kappa shape index (κ1) is 16.0. The van der Waals surface area contributed by atoms with Crippen molar-refractivity contribution in [1.82, 2.24) is 4.90 Å². The van der Waals surface area contributed by atoms with Crippen molar-refractivity contribution in [3.63, 3.8) is 0 Å². The normalized spacial score (nSPS) is 10.4. The number of amides is 1. The summed E-state index contributed by atoms with van der Waals surface area (Å²) in [6, 6.07) is 5.28. The Labute approximate surface area is 130 Å². The van der Waals surface area contributed by atoms with Gasteiger partial charge in [-0.15, -0.1) is 0 Å². The largest absolute Gasteiger partial charge is 0.342 e. The standard InChI is InChI=1S/C13H16Br2ClNO/c1-17(8-4-2-3-7-14)13(18)10-5-6-11(15)12(16)9-10/h5-6,9H,2-4,7-8H2,1H3. The number of benzene rings is 1. The number of alkyl halides is 1. The fourth-order valence-electron chi connectivity index (χ4n) is 1.57. The Morgan fingerprint density at radius 1 is 1.33 bits per heavy atom. The second-order valence-electron chi connectivity index (χ2n) is 4.11. The molecule has 18 heavy (non-hydrogen) atoms. The molecule has 0 aliphatic heterocycles. The second-order valence-corrected chi connectivity index (χ2v) is 6.16. The minimum absolute atomic E-state index is 0.0169. The van der Waals surface area contributed by atoms with Crippen LogP contribution in [0.3, 0.4) is 0 Å². The first-order valence-electron chi connectivity index (χ1n) is 5.82. The van der Waals surface area contributed by atoms with E-state index in [0.29, 0.717) is 10.6 Å². The van der Waals surface area contributed by atoms with Gasteiger partial charge in [0, 0.05) is 29.0 Å². The maximum atomic E-state index is 12.1. The van der Waals surface area contributed by atoms with Gasteiger partial charge in [0.2, 0.25) is 0 Å². The van der Waals surface area contributed by atoms with Crippen LogP contribution in [0.25, 0.3) is 0 Å². The van der Waals surface area contributed by atoms with Crippen LogP contribution in [0, 0.1) is 0 Å². The molecule has 1 aromatic rings. The third-order valence-corrected chi connectivity index (χ3v) is 4.43. The van der Waals surface area contributed by atoms with Crippen LogP contribution in [0.1, 0.15) is 29.6 Å². The highest BCUT2D eigenvalue weighted by atomic mass is 79.9. The molecule has 1 amide bonds. The minimum atomic E-state index is 0.0169. The zero-order valence-corrected chi connectivity index (χ0v) is 14.2. The Morgan fingerprint density at radius 2 is 2.06 bits per heavy atom. The molecule has 100 valence electrons. The summed E-state index contributed by atoms with van der Waals surface area (Å²) in [5.74, 6) is 0.0169. The molecule has 0 spiro atoms. The molecule has 0 unspecified atom stereocenters. The van der Waals surface area contributed by atoms with Crippen LogP contribution in [0.15, 0.2) is 22.7 Å². The van der Waals surface area contributed by atoms with Crippen molar-refractivity contribution < 1.29 is 4.79 Å². The molecule has 0 aliphatic rings. The summed E-state index contributed by atoms with van der Waals surface area (Å²) < 4.78 is 0.806. The van der Waals surface area contributed by atoms with Gasteiger partial charge in [-0.2, -0.15) is 0 Å². The van der Waals surface area contributed by atoms with E-state index in [0.717, 1.165) is 35.6 Å². The maximum Gasteiger partial charge on any atom is 0.253 e. The topological polar surface area (TPSA) is 20.3 Å². The van der Waals surface area contributed by atoms with Crippen molar-refractivity contribution in [2.24, 2.45) is 0 Å². The van der Waals surface area contributed by atoms with Crippen LogP contribution in [-0.2, 0) is 0 Å². The molecule has 0 aliphatic carbocycles. The molecular weight excluding hydrogens is 381 g/mol. The second kappa shape index (κ2) is 8.18. The Balaban J connectivity index is 2.54. The van der Waals surface area contributed by atoms with E-state index in [1.807, 2.05) is 7.05 Å². The third kappa shape index (κ3) is 4.90. The summed E-state index contributed by atoms with van der Waals surface area (Å²) in [6.45, 7) is 0.777. The lowest BCUT2D eigenvalue weighted by atomic mass is 10.2. The van der Waals surface area contributed by atoms with Gasteiger partial charge in [-0.25, -0.2) is 0 Å². The molecule has 0 fully saturated rings. The molecule has 0 bridgehead atoms. The van der Waals surface area contributed by atoms with Crippen LogP contribution in [-0.4, -0.2) is 29.7 Å². The number of hydrogen-bond acceptors (Lipinski definition) is 1. The van der Waals surface area contributed by atoms with Gasteiger partial charge in [-0.3, -0.25) is 4.79 Å². The van der Waals surface area contributed by atoms with Crippen molar-refractivity contribution >= 4 is 49.4 Å². The van der Waals surface area contributed by atoms with Crippen LogP contribution in [0.5, 0.6) is 0 Å². The number of halogens is 3. The van der Waals surface area contributed by atoms with E-state index in [2.05, 4.69) is 31.9 Å². The summed E-state index contributed by atoms with van der Waals surface area (Å²) in [5.41, 5.74) is 0.631. The zero-order chi connectivity index (χ0) is 13.5. The number of nitrogens with zero attached hydrogens (tertiary/aromatic N) is 1. The predicted octanol–water partition coefficient (Wildman–Crippen LogP) is 4.74. The van der Waals surface area contributed by atoms with E-state index in [-0.39, 0.29) is 5.91 Å². The highest BCUT2D eigenvalue weighted by Crippen LogP contribution is 2.23. The summed E-state index contributed by atoms with van der Waals surface area (Å²) in [7, 11) is 1.83. The highest BCUT2D eigenvalue weighted by Gasteiger charge is 2.12. The predicted molar refractivity (Wildman–Crippen MR) is 83.8 cm³/mol. The molecule has 5 heteroatoms. The summed E-state index contributed by atoms with van der Waals surface area (Å²) >= 11 is 12.7. The Kier molecular flexibility index (Phi) is 7.27. The highest BCUT2D eigenvalue weighted by molar-refractivity contribution is 9.10. The SMILES string of the molecule is CN(CCCCCBr)C(=O)c1ccc(Br)c(Cl)c1. The van der Waals surface area contributed by atoms with Gasteiger partial charge >= 0.3 is 0 Å². The van der Waals surface area contributed by atoms with Gasteiger partial charge in [0.1, 0.15) is 0 Å².